The first-order chi connectivity index (χ1) is 9.13. The van der Waals surface area contributed by atoms with Gasteiger partial charge in [0.25, 0.3) is 0 Å². The molecule has 19 heavy (non-hydrogen) atoms. The van der Waals surface area contributed by atoms with Crippen molar-refractivity contribution in [3.05, 3.63) is 40.9 Å². The van der Waals surface area contributed by atoms with Gasteiger partial charge in [0.2, 0.25) is 0 Å². The normalized spacial score (nSPS) is 10.2. The molecule has 0 atom stereocenters. The number of benzene rings is 1. The van der Waals surface area contributed by atoms with Gasteiger partial charge in [-0.25, -0.2) is 4.79 Å². The van der Waals surface area contributed by atoms with Crippen LogP contribution in [0.25, 0.3) is 0 Å². The molecule has 5 heteroatoms. The molecule has 1 aromatic rings. The van der Waals surface area contributed by atoms with Crippen LogP contribution in [0.3, 0.4) is 0 Å². The van der Waals surface area contributed by atoms with Crippen molar-refractivity contribution in [3.8, 4) is 5.75 Å². The Bertz CT molecular complexity index is 431. The summed E-state index contributed by atoms with van der Waals surface area (Å²) in [6.45, 7) is 5.34. The predicted molar refractivity (Wildman–Crippen MR) is 76.8 cm³/mol. The molecule has 4 nitrogen and oxygen atoms in total. The SMILES string of the molecule is C=CCOCCCCOc1cc(Br)cc(C(=O)O)c1. The molecule has 0 fully saturated rings. The summed E-state index contributed by atoms with van der Waals surface area (Å²) >= 11 is 3.26. The highest BCUT2D eigenvalue weighted by molar-refractivity contribution is 9.10. The monoisotopic (exact) mass is 328 g/mol. The summed E-state index contributed by atoms with van der Waals surface area (Å²) in [5, 5.41) is 8.92. The summed E-state index contributed by atoms with van der Waals surface area (Å²) in [5.74, 6) is -0.414. The molecular weight excluding hydrogens is 312 g/mol. The number of carboxylic acids is 1. The lowest BCUT2D eigenvalue weighted by atomic mass is 10.2. The summed E-state index contributed by atoms with van der Waals surface area (Å²) in [6.07, 6.45) is 3.46. The molecule has 0 spiro atoms. The molecule has 0 saturated heterocycles. The van der Waals surface area contributed by atoms with Crippen molar-refractivity contribution in [2.75, 3.05) is 19.8 Å². The Balaban J connectivity index is 2.33. The average Bonchev–Trinajstić information content (AvgIpc) is 2.37. The average molecular weight is 329 g/mol. The zero-order chi connectivity index (χ0) is 14.1. The van der Waals surface area contributed by atoms with E-state index in [-0.39, 0.29) is 5.56 Å². The maximum absolute atomic E-state index is 10.9. The van der Waals surface area contributed by atoms with Crippen LogP contribution in [0, 0.1) is 0 Å². The molecule has 1 N–H and O–H groups in total. The first kappa shape index (κ1) is 15.7. The second kappa shape index (κ2) is 8.72. The van der Waals surface area contributed by atoms with E-state index < -0.39 is 5.97 Å². The minimum Gasteiger partial charge on any atom is -0.494 e. The lowest BCUT2D eigenvalue weighted by molar-refractivity contribution is 0.0696. The van der Waals surface area contributed by atoms with Crippen molar-refractivity contribution in [1.82, 2.24) is 0 Å². The molecule has 0 unspecified atom stereocenters. The van der Waals surface area contributed by atoms with E-state index in [1.54, 1.807) is 12.1 Å². The summed E-state index contributed by atoms with van der Waals surface area (Å²) in [5.41, 5.74) is 0.207. The van der Waals surface area contributed by atoms with E-state index in [0.717, 1.165) is 12.8 Å². The molecular formula is C14H17BrO4. The Labute approximate surface area is 121 Å². The van der Waals surface area contributed by atoms with Crippen LogP contribution in [0.15, 0.2) is 35.3 Å². The van der Waals surface area contributed by atoms with Crippen molar-refractivity contribution >= 4 is 21.9 Å². The van der Waals surface area contributed by atoms with Gasteiger partial charge in [-0.3, -0.25) is 0 Å². The summed E-state index contributed by atoms with van der Waals surface area (Å²) in [4.78, 5) is 10.9. The van der Waals surface area contributed by atoms with E-state index >= 15 is 0 Å². The number of rotatable bonds is 9. The number of unbranched alkanes of at least 4 members (excludes halogenated alkanes) is 1. The Kier molecular flexibility index (Phi) is 7.22. The quantitative estimate of drug-likeness (QED) is 0.556. The molecule has 104 valence electrons. The minimum absolute atomic E-state index is 0.207. The zero-order valence-corrected chi connectivity index (χ0v) is 12.2. The van der Waals surface area contributed by atoms with Crippen LogP contribution in [0.1, 0.15) is 23.2 Å². The van der Waals surface area contributed by atoms with Gasteiger partial charge in [0.1, 0.15) is 5.75 Å². The largest absolute Gasteiger partial charge is 0.494 e. The molecule has 0 bridgehead atoms. The Morgan fingerprint density at radius 1 is 1.32 bits per heavy atom. The molecule has 1 rings (SSSR count). The lowest BCUT2D eigenvalue weighted by Crippen LogP contribution is -2.02. The van der Waals surface area contributed by atoms with Gasteiger partial charge in [0.15, 0.2) is 0 Å². The Hall–Kier alpha value is -1.33. The molecule has 0 saturated carbocycles. The maximum Gasteiger partial charge on any atom is 0.335 e. The first-order valence-electron chi connectivity index (χ1n) is 5.99. The fourth-order valence-electron chi connectivity index (χ4n) is 1.43. The second-order valence-corrected chi connectivity index (χ2v) is 4.82. The predicted octanol–water partition coefficient (Wildman–Crippen LogP) is 3.51. The first-order valence-corrected chi connectivity index (χ1v) is 6.78. The molecule has 0 aliphatic heterocycles. The van der Waals surface area contributed by atoms with Crippen molar-refractivity contribution in [2.24, 2.45) is 0 Å². The van der Waals surface area contributed by atoms with E-state index in [4.69, 9.17) is 14.6 Å². The highest BCUT2D eigenvalue weighted by Gasteiger charge is 2.06. The third kappa shape index (κ3) is 6.40. The number of carboxylic acid groups (broad SMARTS) is 1. The van der Waals surface area contributed by atoms with Gasteiger partial charge in [0.05, 0.1) is 18.8 Å². The van der Waals surface area contributed by atoms with Gasteiger partial charge < -0.3 is 14.6 Å². The third-order valence-corrected chi connectivity index (χ3v) is 2.76. The molecule has 0 amide bonds. The fourth-order valence-corrected chi connectivity index (χ4v) is 1.90. The van der Waals surface area contributed by atoms with Crippen LogP contribution in [-0.2, 0) is 4.74 Å². The third-order valence-electron chi connectivity index (χ3n) is 2.31. The summed E-state index contributed by atoms with van der Waals surface area (Å²) < 4.78 is 11.5. The van der Waals surface area contributed by atoms with E-state index in [2.05, 4.69) is 22.5 Å². The van der Waals surface area contributed by atoms with Gasteiger partial charge in [-0.1, -0.05) is 22.0 Å². The van der Waals surface area contributed by atoms with Crippen molar-refractivity contribution < 1.29 is 19.4 Å². The smallest absolute Gasteiger partial charge is 0.335 e. The highest BCUT2D eigenvalue weighted by atomic mass is 79.9. The van der Waals surface area contributed by atoms with Crippen molar-refractivity contribution in [3.63, 3.8) is 0 Å². The fraction of sp³-hybridized carbons (Fsp3) is 0.357. The molecule has 0 aromatic heterocycles. The standard InChI is InChI=1S/C14H17BrO4/c1-2-5-18-6-3-4-7-19-13-9-11(14(16)17)8-12(15)10-13/h2,8-10H,1,3-7H2,(H,16,17). The Morgan fingerprint density at radius 3 is 2.74 bits per heavy atom. The topological polar surface area (TPSA) is 55.8 Å². The summed E-state index contributed by atoms with van der Waals surface area (Å²) in [6, 6.07) is 4.81. The van der Waals surface area contributed by atoms with E-state index in [1.165, 1.54) is 12.1 Å². The van der Waals surface area contributed by atoms with Crippen LogP contribution < -0.4 is 4.74 Å². The van der Waals surface area contributed by atoms with Gasteiger partial charge >= 0.3 is 5.97 Å². The highest BCUT2D eigenvalue weighted by Crippen LogP contribution is 2.21. The number of carbonyl (C=O) groups is 1. The van der Waals surface area contributed by atoms with Gasteiger partial charge in [-0.15, -0.1) is 6.58 Å². The van der Waals surface area contributed by atoms with E-state index in [1.807, 2.05) is 0 Å². The van der Waals surface area contributed by atoms with Gasteiger partial charge in [0, 0.05) is 11.1 Å². The number of hydrogen-bond acceptors (Lipinski definition) is 3. The van der Waals surface area contributed by atoms with E-state index in [9.17, 15) is 4.79 Å². The minimum atomic E-state index is -0.969. The maximum atomic E-state index is 10.9. The van der Waals surface area contributed by atoms with Crippen LogP contribution >= 0.6 is 15.9 Å². The van der Waals surface area contributed by atoms with E-state index in [0.29, 0.717) is 30.0 Å². The number of halogens is 1. The molecule has 0 radical (unpaired) electrons. The van der Waals surface area contributed by atoms with Crippen LogP contribution in [0.4, 0.5) is 0 Å². The van der Waals surface area contributed by atoms with Crippen LogP contribution in [0.5, 0.6) is 5.75 Å². The number of ether oxygens (including phenoxy) is 2. The summed E-state index contributed by atoms with van der Waals surface area (Å²) in [7, 11) is 0. The molecule has 0 aliphatic rings. The van der Waals surface area contributed by atoms with Gasteiger partial charge in [-0.2, -0.15) is 0 Å². The number of hydrogen-bond donors (Lipinski definition) is 1. The lowest BCUT2D eigenvalue weighted by Gasteiger charge is -2.08. The Morgan fingerprint density at radius 2 is 2.05 bits per heavy atom. The molecule has 0 aliphatic carbocycles. The molecule has 0 heterocycles. The molecule has 1 aromatic carbocycles. The zero-order valence-electron chi connectivity index (χ0n) is 10.6. The second-order valence-electron chi connectivity index (χ2n) is 3.90. The van der Waals surface area contributed by atoms with Crippen LogP contribution in [-0.4, -0.2) is 30.9 Å². The van der Waals surface area contributed by atoms with Gasteiger partial charge in [-0.05, 0) is 31.0 Å². The van der Waals surface area contributed by atoms with Crippen molar-refractivity contribution in [2.45, 2.75) is 12.8 Å². The number of aromatic carboxylic acids is 1. The van der Waals surface area contributed by atoms with Crippen molar-refractivity contribution in [1.29, 1.82) is 0 Å². The van der Waals surface area contributed by atoms with Crippen LogP contribution in [0.2, 0.25) is 0 Å².